The van der Waals surface area contributed by atoms with E-state index in [1.807, 2.05) is 0 Å². The van der Waals surface area contributed by atoms with E-state index in [-0.39, 0.29) is 23.1 Å². The fraction of sp³-hybridized carbons (Fsp3) is 0.263. The van der Waals surface area contributed by atoms with Gasteiger partial charge in [0.15, 0.2) is 11.9 Å². The largest absolute Gasteiger partial charge is 0.479 e. The van der Waals surface area contributed by atoms with Crippen LogP contribution in [0.5, 0.6) is 5.75 Å². The van der Waals surface area contributed by atoms with E-state index in [1.165, 1.54) is 12.1 Å². The maximum absolute atomic E-state index is 12.2. The van der Waals surface area contributed by atoms with Crippen molar-refractivity contribution in [1.82, 2.24) is 5.48 Å². The summed E-state index contributed by atoms with van der Waals surface area (Å²) in [6.07, 6.45) is -1.02. The Hall–Kier alpha value is -2.28. The van der Waals surface area contributed by atoms with Gasteiger partial charge in [0.1, 0.15) is 0 Å². The SMILES string of the molecule is CC(C)OC(Cc1cccc(ONC(=O)c2ccc(Cl)cc2Cl)c1)C(=O)O. The molecule has 144 valence electrons. The molecule has 0 aromatic heterocycles. The van der Waals surface area contributed by atoms with E-state index in [0.717, 1.165) is 0 Å². The molecule has 0 aliphatic carbocycles. The fourth-order valence-electron chi connectivity index (χ4n) is 2.31. The fourth-order valence-corrected chi connectivity index (χ4v) is 2.80. The van der Waals surface area contributed by atoms with Gasteiger partial charge in [-0.1, -0.05) is 35.3 Å². The van der Waals surface area contributed by atoms with Crippen LogP contribution in [0.15, 0.2) is 42.5 Å². The van der Waals surface area contributed by atoms with E-state index in [1.54, 1.807) is 44.2 Å². The lowest BCUT2D eigenvalue weighted by atomic mass is 10.1. The molecule has 0 radical (unpaired) electrons. The second-order valence-electron chi connectivity index (χ2n) is 6.02. The van der Waals surface area contributed by atoms with Gasteiger partial charge in [-0.05, 0) is 49.7 Å². The summed E-state index contributed by atoms with van der Waals surface area (Å²) in [6, 6.07) is 11.2. The number of hydrogen-bond acceptors (Lipinski definition) is 4. The number of amides is 1. The Bertz CT molecular complexity index is 825. The third kappa shape index (κ3) is 6.43. The third-order valence-electron chi connectivity index (χ3n) is 3.47. The highest BCUT2D eigenvalue weighted by molar-refractivity contribution is 6.36. The first-order chi connectivity index (χ1) is 12.8. The monoisotopic (exact) mass is 411 g/mol. The summed E-state index contributed by atoms with van der Waals surface area (Å²) in [5.74, 6) is -1.23. The summed E-state index contributed by atoms with van der Waals surface area (Å²) in [7, 11) is 0. The minimum atomic E-state index is -1.04. The van der Waals surface area contributed by atoms with Crippen LogP contribution in [0.25, 0.3) is 0 Å². The number of carboxylic acids is 1. The summed E-state index contributed by atoms with van der Waals surface area (Å²) in [5.41, 5.74) is 3.21. The number of benzene rings is 2. The number of ether oxygens (including phenoxy) is 1. The van der Waals surface area contributed by atoms with Crippen LogP contribution in [0.2, 0.25) is 10.0 Å². The van der Waals surface area contributed by atoms with Crippen molar-refractivity contribution in [2.24, 2.45) is 0 Å². The van der Waals surface area contributed by atoms with E-state index in [4.69, 9.17) is 32.8 Å². The molecule has 0 heterocycles. The van der Waals surface area contributed by atoms with Crippen LogP contribution in [0.4, 0.5) is 0 Å². The van der Waals surface area contributed by atoms with E-state index >= 15 is 0 Å². The highest BCUT2D eigenvalue weighted by atomic mass is 35.5. The van der Waals surface area contributed by atoms with E-state index in [0.29, 0.717) is 16.3 Å². The normalized spacial score (nSPS) is 11.9. The zero-order chi connectivity index (χ0) is 20.0. The molecule has 2 aromatic rings. The van der Waals surface area contributed by atoms with Crippen molar-refractivity contribution < 1.29 is 24.3 Å². The van der Waals surface area contributed by atoms with E-state index in [9.17, 15) is 14.7 Å². The summed E-state index contributed by atoms with van der Waals surface area (Å²) >= 11 is 11.8. The zero-order valence-electron chi connectivity index (χ0n) is 14.7. The highest BCUT2D eigenvalue weighted by Crippen LogP contribution is 2.21. The molecule has 1 unspecified atom stereocenters. The molecule has 1 atom stereocenters. The topological polar surface area (TPSA) is 84.9 Å². The lowest BCUT2D eigenvalue weighted by Gasteiger charge is -2.17. The van der Waals surface area contributed by atoms with Crippen molar-refractivity contribution in [3.8, 4) is 5.75 Å². The highest BCUT2D eigenvalue weighted by Gasteiger charge is 2.20. The first-order valence-corrected chi connectivity index (χ1v) is 8.91. The number of halogens is 2. The molecule has 2 rings (SSSR count). The minimum absolute atomic E-state index is 0.168. The molecular formula is C19H19Cl2NO5. The van der Waals surface area contributed by atoms with Crippen LogP contribution >= 0.6 is 23.2 Å². The van der Waals surface area contributed by atoms with Gasteiger partial charge >= 0.3 is 5.97 Å². The summed E-state index contributed by atoms with van der Waals surface area (Å²) in [4.78, 5) is 28.8. The van der Waals surface area contributed by atoms with Crippen molar-refractivity contribution in [3.05, 3.63) is 63.6 Å². The standard InChI is InChI=1S/C19H19Cl2NO5/c1-11(2)26-17(19(24)25)9-12-4-3-5-14(8-12)27-22-18(23)15-7-6-13(20)10-16(15)21/h3-8,10-11,17H,9H2,1-2H3,(H,22,23)(H,24,25). The van der Waals surface area contributed by atoms with Crippen LogP contribution in [0.3, 0.4) is 0 Å². The quantitative estimate of drug-likeness (QED) is 0.637. The number of carbonyl (C=O) groups is 2. The Labute approximate surface area is 166 Å². The molecule has 27 heavy (non-hydrogen) atoms. The second kappa shape index (κ2) is 9.60. The summed E-state index contributed by atoms with van der Waals surface area (Å²) in [5, 5.41) is 9.88. The van der Waals surface area contributed by atoms with Crippen LogP contribution in [0.1, 0.15) is 29.8 Å². The van der Waals surface area contributed by atoms with Gasteiger partial charge in [0.25, 0.3) is 5.91 Å². The lowest BCUT2D eigenvalue weighted by Crippen LogP contribution is -2.29. The average Bonchev–Trinajstić information content (AvgIpc) is 2.59. The molecule has 1 amide bonds. The van der Waals surface area contributed by atoms with Crippen molar-refractivity contribution in [2.45, 2.75) is 32.5 Å². The minimum Gasteiger partial charge on any atom is -0.479 e. The molecule has 0 aliphatic rings. The molecular weight excluding hydrogens is 393 g/mol. The van der Waals surface area contributed by atoms with Gasteiger partial charge < -0.3 is 14.7 Å². The molecule has 0 spiro atoms. The van der Waals surface area contributed by atoms with Gasteiger partial charge in [-0.25, -0.2) is 4.79 Å². The molecule has 2 aromatic carbocycles. The van der Waals surface area contributed by atoms with Gasteiger partial charge in [0, 0.05) is 11.4 Å². The zero-order valence-corrected chi connectivity index (χ0v) is 16.3. The molecule has 0 saturated heterocycles. The summed E-state index contributed by atoms with van der Waals surface area (Å²) in [6.45, 7) is 3.54. The van der Waals surface area contributed by atoms with Gasteiger partial charge in [0.05, 0.1) is 16.7 Å². The first-order valence-electron chi connectivity index (χ1n) is 8.15. The molecule has 2 N–H and O–H groups in total. The first kappa shape index (κ1) is 21.0. The third-order valence-corrected chi connectivity index (χ3v) is 4.02. The molecule has 0 bridgehead atoms. The number of rotatable bonds is 8. The van der Waals surface area contributed by atoms with E-state index in [2.05, 4.69) is 5.48 Å². The Morgan fingerprint density at radius 3 is 2.52 bits per heavy atom. The molecule has 0 saturated carbocycles. The van der Waals surface area contributed by atoms with Gasteiger partial charge in [-0.15, -0.1) is 0 Å². The predicted molar refractivity (Wildman–Crippen MR) is 102 cm³/mol. The Morgan fingerprint density at radius 1 is 1.15 bits per heavy atom. The lowest BCUT2D eigenvalue weighted by molar-refractivity contribution is -0.153. The molecule has 0 aliphatic heterocycles. The number of carbonyl (C=O) groups excluding carboxylic acids is 1. The Morgan fingerprint density at radius 2 is 1.89 bits per heavy atom. The predicted octanol–water partition coefficient (Wildman–Crippen LogP) is 4.14. The van der Waals surface area contributed by atoms with Crippen LogP contribution in [-0.4, -0.2) is 29.2 Å². The van der Waals surface area contributed by atoms with E-state index < -0.39 is 18.0 Å². The average molecular weight is 412 g/mol. The number of aliphatic carboxylic acids is 1. The van der Waals surface area contributed by atoms with Crippen molar-refractivity contribution >= 4 is 35.1 Å². The molecule has 6 nitrogen and oxygen atoms in total. The van der Waals surface area contributed by atoms with Gasteiger partial charge in [0.2, 0.25) is 0 Å². The smallest absolute Gasteiger partial charge is 0.333 e. The Balaban J connectivity index is 2.02. The van der Waals surface area contributed by atoms with Crippen LogP contribution in [-0.2, 0) is 16.0 Å². The van der Waals surface area contributed by atoms with Crippen LogP contribution in [0, 0.1) is 0 Å². The second-order valence-corrected chi connectivity index (χ2v) is 6.86. The number of hydrogen-bond donors (Lipinski definition) is 2. The van der Waals surface area contributed by atoms with Crippen LogP contribution < -0.4 is 10.3 Å². The maximum Gasteiger partial charge on any atom is 0.333 e. The van der Waals surface area contributed by atoms with Crippen molar-refractivity contribution in [2.75, 3.05) is 0 Å². The molecule has 0 fully saturated rings. The van der Waals surface area contributed by atoms with Gasteiger partial charge in [-0.3, -0.25) is 4.79 Å². The number of hydroxylamine groups is 1. The number of nitrogens with one attached hydrogen (secondary N) is 1. The summed E-state index contributed by atoms with van der Waals surface area (Å²) < 4.78 is 5.40. The number of carboxylic acid groups (broad SMARTS) is 1. The van der Waals surface area contributed by atoms with Gasteiger partial charge in [-0.2, -0.15) is 5.48 Å². The maximum atomic E-state index is 12.2. The Kier molecular flexibility index (Phi) is 7.47. The van der Waals surface area contributed by atoms with Crippen molar-refractivity contribution in [1.29, 1.82) is 0 Å². The molecule has 8 heteroatoms. The van der Waals surface area contributed by atoms with Crippen molar-refractivity contribution in [3.63, 3.8) is 0 Å².